The number of rotatable bonds is 3. The van der Waals surface area contributed by atoms with Gasteiger partial charge < -0.3 is 10.6 Å². The van der Waals surface area contributed by atoms with Crippen LogP contribution >= 0.6 is 0 Å². The second-order valence-electron chi connectivity index (χ2n) is 3.63. The average molecular weight is 177 g/mol. The zero-order valence-corrected chi connectivity index (χ0v) is 7.88. The van der Waals surface area contributed by atoms with Crippen molar-refractivity contribution >= 4 is 5.82 Å². The minimum atomic E-state index is 0.781. The second kappa shape index (κ2) is 3.75. The molecule has 70 valence electrons. The molecule has 2 rings (SSSR count). The van der Waals surface area contributed by atoms with E-state index in [0.717, 1.165) is 31.4 Å². The fourth-order valence-corrected chi connectivity index (χ4v) is 1.31. The maximum absolute atomic E-state index is 4.28. The Morgan fingerprint density at radius 3 is 2.92 bits per heavy atom. The molecule has 0 aromatic carbocycles. The van der Waals surface area contributed by atoms with Crippen LogP contribution in [0.2, 0.25) is 0 Å². The lowest BCUT2D eigenvalue weighted by molar-refractivity contribution is 0.365. The normalized spacial score (nSPS) is 16.7. The summed E-state index contributed by atoms with van der Waals surface area (Å²) in [5.74, 6) is 1.76. The number of hydrogen-bond acceptors (Lipinski definition) is 3. The molecule has 13 heavy (non-hydrogen) atoms. The second-order valence-corrected chi connectivity index (χ2v) is 3.63. The van der Waals surface area contributed by atoms with Crippen LogP contribution in [0, 0.1) is 12.8 Å². The van der Waals surface area contributed by atoms with Gasteiger partial charge in [0.25, 0.3) is 0 Å². The van der Waals surface area contributed by atoms with Gasteiger partial charge in [0, 0.05) is 31.7 Å². The minimum absolute atomic E-state index is 0.781. The standard InChI is InChI=1S/C10H15N3/c1-8-2-3-10(12-4-8)13-7-9-5-11-6-9/h2-4,9,11H,5-7H2,1H3,(H,12,13). The molecule has 0 saturated carbocycles. The SMILES string of the molecule is Cc1ccc(NCC2CNC2)nc1. The molecular formula is C10H15N3. The van der Waals surface area contributed by atoms with Gasteiger partial charge in [-0.05, 0) is 18.6 Å². The van der Waals surface area contributed by atoms with Gasteiger partial charge in [-0.25, -0.2) is 4.98 Å². The van der Waals surface area contributed by atoms with Gasteiger partial charge in [-0.2, -0.15) is 0 Å². The Labute approximate surface area is 78.6 Å². The number of pyridine rings is 1. The Balaban J connectivity index is 1.83. The summed E-state index contributed by atoms with van der Waals surface area (Å²) in [6.07, 6.45) is 1.89. The van der Waals surface area contributed by atoms with E-state index in [-0.39, 0.29) is 0 Å². The number of aryl methyl sites for hydroxylation is 1. The molecule has 2 heterocycles. The number of anilines is 1. The summed E-state index contributed by atoms with van der Waals surface area (Å²) in [6.45, 7) is 5.35. The van der Waals surface area contributed by atoms with E-state index in [9.17, 15) is 0 Å². The van der Waals surface area contributed by atoms with E-state index in [4.69, 9.17) is 0 Å². The fourth-order valence-electron chi connectivity index (χ4n) is 1.31. The lowest BCUT2D eigenvalue weighted by Crippen LogP contribution is -2.45. The fraction of sp³-hybridized carbons (Fsp3) is 0.500. The number of hydrogen-bond donors (Lipinski definition) is 2. The van der Waals surface area contributed by atoms with E-state index in [2.05, 4.69) is 21.7 Å². The lowest BCUT2D eigenvalue weighted by Gasteiger charge is -2.27. The highest BCUT2D eigenvalue weighted by molar-refractivity contribution is 5.35. The highest BCUT2D eigenvalue weighted by atomic mass is 15.0. The first-order valence-corrected chi connectivity index (χ1v) is 4.72. The van der Waals surface area contributed by atoms with Crippen molar-refractivity contribution < 1.29 is 0 Å². The van der Waals surface area contributed by atoms with Crippen molar-refractivity contribution in [2.45, 2.75) is 6.92 Å². The molecule has 3 nitrogen and oxygen atoms in total. The predicted molar refractivity (Wildman–Crippen MR) is 53.8 cm³/mol. The largest absolute Gasteiger partial charge is 0.370 e. The number of nitrogens with one attached hydrogen (secondary N) is 2. The molecule has 1 saturated heterocycles. The highest BCUT2D eigenvalue weighted by Crippen LogP contribution is 2.07. The maximum Gasteiger partial charge on any atom is 0.125 e. The van der Waals surface area contributed by atoms with Gasteiger partial charge in [0.15, 0.2) is 0 Å². The Morgan fingerprint density at radius 2 is 2.38 bits per heavy atom. The van der Waals surface area contributed by atoms with Crippen LogP contribution in [0.1, 0.15) is 5.56 Å². The summed E-state index contributed by atoms with van der Waals surface area (Å²) in [6, 6.07) is 4.11. The van der Waals surface area contributed by atoms with E-state index in [1.54, 1.807) is 0 Å². The van der Waals surface area contributed by atoms with Crippen LogP contribution in [-0.2, 0) is 0 Å². The van der Waals surface area contributed by atoms with Crippen molar-refractivity contribution in [3.8, 4) is 0 Å². The molecule has 0 spiro atoms. The Morgan fingerprint density at radius 1 is 1.54 bits per heavy atom. The van der Waals surface area contributed by atoms with Gasteiger partial charge in [0.2, 0.25) is 0 Å². The lowest BCUT2D eigenvalue weighted by atomic mass is 10.0. The van der Waals surface area contributed by atoms with Crippen molar-refractivity contribution in [2.75, 3.05) is 25.0 Å². The quantitative estimate of drug-likeness (QED) is 0.724. The van der Waals surface area contributed by atoms with Gasteiger partial charge in [-0.15, -0.1) is 0 Å². The Bertz CT molecular complexity index is 264. The molecule has 3 heteroatoms. The van der Waals surface area contributed by atoms with Crippen LogP contribution in [0.25, 0.3) is 0 Å². The van der Waals surface area contributed by atoms with E-state index >= 15 is 0 Å². The van der Waals surface area contributed by atoms with E-state index in [0.29, 0.717) is 0 Å². The minimum Gasteiger partial charge on any atom is -0.370 e. The molecule has 1 aliphatic heterocycles. The smallest absolute Gasteiger partial charge is 0.125 e. The van der Waals surface area contributed by atoms with Crippen molar-refractivity contribution in [2.24, 2.45) is 5.92 Å². The van der Waals surface area contributed by atoms with Crippen LogP contribution in [0.15, 0.2) is 18.3 Å². The van der Waals surface area contributed by atoms with Gasteiger partial charge in [-0.3, -0.25) is 0 Å². The maximum atomic E-state index is 4.28. The van der Waals surface area contributed by atoms with Crippen molar-refractivity contribution in [3.05, 3.63) is 23.9 Å². The Hall–Kier alpha value is -1.09. The third-order valence-corrected chi connectivity index (χ3v) is 2.35. The predicted octanol–water partition coefficient (Wildman–Crippen LogP) is 1.02. The monoisotopic (exact) mass is 177 g/mol. The first-order chi connectivity index (χ1) is 6.34. The first kappa shape index (κ1) is 8.51. The molecule has 1 fully saturated rings. The van der Waals surface area contributed by atoms with Gasteiger partial charge >= 0.3 is 0 Å². The van der Waals surface area contributed by atoms with Gasteiger partial charge in [0.1, 0.15) is 5.82 Å². The molecule has 2 N–H and O–H groups in total. The molecule has 0 aliphatic carbocycles. The van der Waals surface area contributed by atoms with Crippen molar-refractivity contribution in [3.63, 3.8) is 0 Å². The first-order valence-electron chi connectivity index (χ1n) is 4.72. The van der Waals surface area contributed by atoms with Crippen LogP contribution in [0.5, 0.6) is 0 Å². The molecule has 1 aromatic heterocycles. The molecule has 1 aromatic rings. The van der Waals surface area contributed by atoms with Crippen LogP contribution in [0.3, 0.4) is 0 Å². The van der Waals surface area contributed by atoms with E-state index in [1.807, 2.05) is 19.2 Å². The summed E-state index contributed by atoms with van der Waals surface area (Å²) in [5, 5.41) is 6.57. The molecule has 0 amide bonds. The van der Waals surface area contributed by atoms with Gasteiger partial charge in [0.05, 0.1) is 0 Å². The van der Waals surface area contributed by atoms with E-state index in [1.165, 1.54) is 5.56 Å². The van der Waals surface area contributed by atoms with Crippen molar-refractivity contribution in [1.29, 1.82) is 0 Å². The van der Waals surface area contributed by atoms with Gasteiger partial charge in [-0.1, -0.05) is 6.07 Å². The van der Waals surface area contributed by atoms with E-state index < -0.39 is 0 Å². The number of nitrogens with zero attached hydrogens (tertiary/aromatic N) is 1. The summed E-state index contributed by atoms with van der Waals surface area (Å²) in [4.78, 5) is 4.28. The third kappa shape index (κ3) is 2.18. The molecular weight excluding hydrogens is 162 g/mol. The van der Waals surface area contributed by atoms with Crippen LogP contribution in [-0.4, -0.2) is 24.6 Å². The molecule has 0 bridgehead atoms. The summed E-state index contributed by atoms with van der Waals surface area (Å²) in [7, 11) is 0. The third-order valence-electron chi connectivity index (χ3n) is 2.35. The van der Waals surface area contributed by atoms with Crippen LogP contribution < -0.4 is 10.6 Å². The molecule has 0 atom stereocenters. The zero-order valence-electron chi connectivity index (χ0n) is 7.88. The molecule has 1 aliphatic rings. The highest BCUT2D eigenvalue weighted by Gasteiger charge is 2.15. The average Bonchev–Trinajstić information content (AvgIpc) is 2.05. The number of aromatic nitrogens is 1. The van der Waals surface area contributed by atoms with Crippen LogP contribution in [0.4, 0.5) is 5.82 Å². The summed E-state index contributed by atoms with van der Waals surface area (Å²) in [5.41, 5.74) is 1.20. The summed E-state index contributed by atoms with van der Waals surface area (Å²) < 4.78 is 0. The summed E-state index contributed by atoms with van der Waals surface area (Å²) >= 11 is 0. The molecule has 0 unspecified atom stereocenters. The zero-order chi connectivity index (χ0) is 9.10. The van der Waals surface area contributed by atoms with Crippen molar-refractivity contribution in [1.82, 2.24) is 10.3 Å². The molecule has 0 radical (unpaired) electrons. The topological polar surface area (TPSA) is 37.0 Å². The Kier molecular flexibility index (Phi) is 2.45.